The smallest absolute Gasteiger partial charge is 0.263 e. The summed E-state index contributed by atoms with van der Waals surface area (Å²) >= 11 is 0. The van der Waals surface area contributed by atoms with E-state index in [0.29, 0.717) is 22.9 Å². The lowest BCUT2D eigenvalue weighted by molar-refractivity contribution is 0.600. The van der Waals surface area contributed by atoms with Gasteiger partial charge in [-0.25, -0.2) is 13.4 Å². The van der Waals surface area contributed by atoms with E-state index in [0.717, 1.165) is 18.5 Å². The third kappa shape index (κ3) is 2.59. The van der Waals surface area contributed by atoms with E-state index in [1.807, 2.05) is 12.1 Å². The molecule has 0 spiro atoms. The molecule has 0 radical (unpaired) electrons. The van der Waals surface area contributed by atoms with Gasteiger partial charge in [0.1, 0.15) is 5.82 Å². The predicted octanol–water partition coefficient (Wildman–Crippen LogP) is 2.28. The summed E-state index contributed by atoms with van der Waals surface area (Å²) in [6.45, 7) is 0. The van der Waals surface area contributed by atoms with Crippen LogP contribution < -0.4 is 4.72 Å². The first-order valence-corrected chi connectivity index (χ1v) is 8.93. The molecule has 120 valence electrons. The Morgan fingerprint density at radius 3 is 2.62 bits per heavy atom. The van der Waals surface area contributed by atoms with Crippen LogP contribution in [0.5, 0.6) is 0 Å². The molecule has 0 unspecified atom stereocenters. The fraction of sp³-hybridized carbons (Fsp3) is 0.188. The van der Waals surface area contributed by atoms with Crippen LogP contribution in [0, 0.1) is 11.3 Å². The molecular weight excluding hydrogens is 326 g/mol. The first-order chi connectivity index (χ1) is 11.6. The summed E-state index contributed by atoms with van der Waals surface area (Å²) in [5.74, 6) is 0.783. The van der Waals surface area contributed by atoms with E-state index in [9.17, 15) is 8.42 Å². The van der Waals surface area contributed by atoms with Crippen LogP contribution in [-0.2, 0) is 10.0 Å². The van der Waals surface area contributed by atoms with Crippen molar-refractivity contribution in [2.24, 2.45) is 0 Å². The van der Waals surface area contributed by atoms with E-state index in [1.54, 1.807) is 12.3 Å². The van der Waals surface area contributed by atoms with Gasteiger partial charge in [-0.15, -0.1) is 0 Å². The number of fused-ring (bicyclic) bond motifs is 1. The van der Waals surface area contributed by atoms with Crippen molar-refractivity contribution in [1.29, 1.82) is 5.26 Å². The van der Waals surface area contributed by atoms with Crippen LogP contribution in [-0.4, -0.2) is 23.0 Å². The molecule has 0 bridgehead atoms. The second-order valence-corrected chi connectivity index (χ2v) is 7.37. The van der Waals surface area contributed by atoms with E-state index in [1.165, 1.54) is 28.8 Å². The lowest BCUT2D eigenvalue weighted by atomic mass is 10.2. The first-order valence-electron chi connectivity index (χ1n) is 7.44. The Morgan fingerprint density at radius 2 is 1.96 bits per heavy atom. The van der Waals surface area contributed by atoms with Crippen LogP contribution >= 0.6 is 0 Å². The molecule has 1 N–H and O–H groups in total. The maximum atomic E-state index is 12.5. The minimum Gasteiger partial charge on any atom is -0.263 e. The van der Waals surface area contributed by atoms with Gasteiger partial charge in [-0.3, -0.25) is 4.72 Å². The largest absolute Gasteiger partial charge is 0.263 e. The molecule has 4 rings (SSSR count). The van der Waals surface area contributed by atoms with Crippen molar-refractivity contribution >= 4 is 21.5 Å². The molecule has 2 heterocycles. The van der Waals surface area contributed by atoms with Crippen molar-refractivity contribution in [3.8, 4) is 6.07 Å². The number of nitriles is 1. The second kappa shape index (κ2) is 5.32. The number of nitrogens with one attached hydrogen (secondary N) is 1. The van der Waals surface area contributed by atoms with Crippen molar-refractivity contribution in [1.82, 2.24) is 14.6 Å². The summed E-state index contributed by atoms with van der Waals surface area (Å²) in [6.07, 6.45) is 3.76. The van der Waals surface area contributed by atoms with Crippen molar-refractivity contribution in [3.63, 3.8) is 0 Å². The average molecular weight is 339 g/mol. The quantitative estimate of drug-likeness (QED) is 0.786. The van der Waals surface area contributed by atoms with Gasteiger partial charge in [-0.2, -0.15) is 14.9 Å². The normalized spacial score (nSPS) is 14.5. The highest BCUT2D eigenvalue weighted by molar-refractivity contribution is 7.92. The highest BCUT2D eigenvalue weighted by Gasteiger charge is 2.27. The Labute approximate surface area is 138 Å². The third-order valence-electron chi connectivity index (χ3n) is 3.91. The number of nitrogens with zero attached hydrogens (tertiary/aromatic N) is 4. The molecule has 0 amide bonds. The van der Waals surface area contributed by atoms with E-state index in [-0.39, 0.29) is 4.90 Å². The van der Waals surface area contributed by atoms with Gasteiger partial charge in [-0.1, -0.05) is 0 Å². The van der Waals surface area contributed by atoms with Crippen molar-refractivity contribution in [3.05, 3.63) is 53.9 Å². The number of benzene rings is 1. The molecule has 24 heavy (non-hydrogen) atoms. The van der Waals surface area contributed by atoms with Gasteiger partial charge in [0.05, 0.1) is 22.2 Å². The number of rotatable bonds is 4. The number of aromatic nitrogens is 3. The van der Waals surface area contributed by atoms with Crippen molar-refractivity contribution in [2.45, 2.75) is 23.7 Å². The zero-order chi connectivity index (χ0) is 16.7. The molecule has 1 aliphatic carbocycles. The van der Waals surface area contributed by atoms with Gasteiger partial charge < -0.3 is 0 Å². The number of sulfonamides is 1. The summed E-state index contributed by atoms with van der Waals surface area (Å²) in [5.41, 5.74) is 1.95. The Kier molecular flexibility index (Phi) is 3.25. The van der Waals surface area contributed by atoms with E-state index >= 15 is 0 Å². The molecule has 3 aromatic rings. The number of hydrogen-bond acceptors (Lipinski definition) is 5. The van der Waals surface area contributed by atoms with E-state index < -0.39 is 10.0 Å². The number of hydrogen-bond donors (Lipinski definition) is 1. The van der Waals surface area contributed by atoms with Gasteiger partial charge >= 0.3 is 0 Å². The minimum atomic E-state index is -3.77. The van der Waals surface area contributed by atoms with Gasteiger partial charge in [-0.05, 0) is 43.2 Å². The average Bonchev–Trinajstić information content (AvgIpc) is 3.34. The van der Waals surface area contributed by atoms with Gasteiger partial charge in [0.15, 0.2) is 5.65 Å². The zero-order valence-electron chi connectivity index (χ0n) is 12.5. The summed E-state index contributed by atoms with van der Waals surface area (Å²) in [5, 5.41) is 13.3. The monoisotopic (exact) mass is 339 g/mol. The Balaban J connectivity index is 1.71. The molecule has 0 atom stereocenters. The van der Waals surface area contributed by atoms with E-state index in [2.05, 4.69) is 14.8 Å². The Morgan fingerprint density at radius 1 is 1.21 bits per heavy atom. The van der Waals surface area contributed by atoms with Crippen LogP contribution in [0.1, 0.15) is 30.0 Å². The molecule has 1 aliphatic rings. The lowest BCUT2D eigenvalue weighted by Crippen LogP contribution is -2.15. The first kappa shape index (κ1) is 14.7. The van der Waals surface area contributed by atoms with Crippen LogP contribution in [0.3, 0.4) is 0 Å². The Bertz CT molecular complexity index is 1060. The lowest BCUT2D eigenvalue weighted by Gasteiger charge is -2.09. The third-order valence-corrected chi connectivity index (χ3v) is 5.28. The van der Waals surface area contributed by atoms with E-state index in [4.69, 9.17) is 5.26 Å². The molecule has 1 fully saturated rings. The fourth-order valence-electron chi connectivity index (χ4n) is 2.47. The summed E-state index contributed by atoms with van der Waals surface area (Å²) in [6, 6.07) is 11.2. The SMILES string of the molecule is N#Cc1ccc(S(=O)(=O)Nc2ccnc3cc(C4CC4)nn23)cc1. The molecule has 0 aliphatic heterocycles. The van der Waals surface area contributed by atoms with Crippen molar-refractivity contribution < 1.29 is 8.42 Å². The Hall–Kier alpha value is -2.92. The molecule has 1 aromatic carbocycles. The highest BCUT2D eigenvalue weighted by atomic mass is 32.2. The van der Waals surface area contributed by atoms with Crippen molar-refractivity contribution in [2.75, 3.05) is 4.72 Å². The zero-order valence-corrected chi connectivity index (χ0v) is 13.4. The maximum Gasteiger partial charge on any atom is 0.263 e. The molecule has 8 heteroatoms. The van der Waals surface area contributed by atoms with Crippen LogP contribution in [0.25, 0.3) is 5.65 Å². The summed E-state index contributed by atoms with van der Waals surface area (Å²) < 4.78 is 29.1. The van der Waals surface area contributed by atoms with Crippen LogP contribution in [0.4, 0.5) is 5.82 Å². The molecule has 2 aromatic heterocycles. The second-order valence-electron chi connectivity index (χ2n) is 5.69. The molecule has 7 nitrogen and oxygen atoms in total. The van der Waals surface area contributed by atoms with Gasteiger partial charge in [0.25, 0.3) is 10.0 Å². The fourth-order valence-corrected chi connectivity index (χ4v) is 3.52. The topological polar surface area (TPSA) is 100 Å². The van der Waals surface area contributed by atoms with Gasteiger partial charge in [0.2, 0.25) is 0 Å². The number of anilines is 1. The minimum absolute atomic E-state index is 0.0843. The maximum absolute atomic E-state index is 12.5. The molecule has 0 saturated heterocycles. The highest BCUT2D eigenvalue weighted by Crippen LogP contribution is 2.39. The summed E-state index contributed by atoms with van der Waals surface area (Å²) in [7, 11) is -3.77. The predicted molar refractivity (Wildman–Crippen MR) is 86.9 cm³/mol. The van der Waals surface area contributed by atoms with Crippen LogP contribution in [0.15, 0.2) is 47.5 Å². The summed E-state index contributed by atoms with van der Waals surface area (Å²) in [4.78, 5) is 4.31. The van der Waals surface area contributed by atoms with Gasteiger partial charge in [0, 0.05) is 18.2 Å². The molecule has 1 saturated carbocycles. The standard InChI is InChI=1S/C16H13N5O2S/c17-10-11-1-5-13(6-2-11)24(22,23)20-15-7-8-18-16-9-14(12-3-4-12)19-21(15)16/h1-2,5-9,12,20H,3-4H2. The molecular formula is C16H13N5O2S. The van der Waals surface area contributed by atoms with Crippen LogP contribution in [0.2, 0.25) is 0 Å².